The van der Waals surface area contributed by atoms with E-state index in [0.29, 0.717) is 5.41 Å². The van der Waals surface area contributed by atoms with Crippen LogP contribution in [-0.4, -0.2) is 26.8 Å². The normalized spacial score (nSPS) is 14.4. The molecule has 4 heteroatoms. The van der Waals surface area contributed by atoms with Crippen LogP contribution in [0.3, 0.4) is 0 Å². The third-order valence-electron chi connectivity index (χ3n) is 3.97. The lowest BCUT2D eigenvalue weighted by Crippen LogP contribution is -2.37. The van der Waals surface area contributed by atoms with Crippen LogP contribution in [0, 0.1) is 5.41 Å². The lowest BCUT2D eigenvalue weighted by atomic mass is 9.76. The van der Waals surface area contributed by atoms with Crippen LogP contribution < -0.4 is 5.32 Å². The zero-order valence-corrected chi connectivity index (χ0v) is 14.6. The fourth-order valence-electron chi connectivity index (χ4n) is 2.56. The molecule has 0 aliphatic rings. The molecule has 0 spiro atoms. The van der Waals surface area contributed by atoms with Crippen molar-refractivity contribution >= 4 is 22.9 Å². The smallest absolute Gasteiger partial charge is 0.0931 e. The Balaban J connectivity index is 2.64. The van der Waals surface area contributed by atoms with Gasteiger partial charge in [0.25, 0.3) is 0 Å². The minimum Gasteiger partial charge on any atom is -0.383 e. The van der Waals surface area contributed by atoms with Crippen LogP contribution in [0.5, 0.6) is 0 Å². The minimum atomic E-state index is 0.345. The lowest BCUT2D eigenvalue weighted by molar-refractivity contribution is 0.182. The molecule has 1 atom stereocenters. The molecular formula is C16H28ClNOS. The van der Waals surface area contributed by atoms with Crippen molar-refractivity contribution in [1.82, 2.24) is 5.32 Å². The van der Waals surface area contributed by atoms with Crippen molar-refractivity contribution in [1.29, 1.82) is 0 Å². The molecule has 0 aliphatic heterocycles. The maximum Gasteiger partial charge on any atom is 0.0931 e. The van der Waals surface area contributed by atoms with Gasteiger partial charge >= 0.3 is 0 Å². The quantitative estimate of drug-likeness (QED) is 0.594. The van der Waals surface area contributed by atoms with Gasteiger partial charge in [0, 0.05) is 25.1 Å². The Labute approximate surface area is 132 Å². The monoisotopic (exact) mass is 317 g/mol. The van der Waals surface area contributed by atoms with E-state index in [-0.39, 0.29) is 0 Å². The molecule has 1 rings (SSSR count). The lowest BCUT2D eigenvalue weighted by Gasteiger charge is -2.33. The number of halogens is 1. The molecule has 0 radical (unpaired) electrons. The van der Waals surface area contributed by atoms with Crippen LogP contribution in [0.4, 0.5) is 0 Å². The number of ether oxygens (including phenoxy) is 1. The zero-order valence-electron chi connectivity index (χ0n) is 13.0. The first-order chi connectivity index (χ1) is 9.65. The van der Waals surface area contributed by atoms with Gasteiger partial charge in [-0.25, -0.2) is 0 Å². The predicted octanol–water partition coefficient (Wildman–Crippen LogP) is 4.77. The standard InChI is InChI=1S/C16H28ClNOS/c1-4-6-9-16(5-2,13-18-10-11-19-3)12-14-7-8-15(17)20-14/h7-8,18H,4-6,9-13H2,1-3H3. The number of rotatable bonds is 11. The van der Waals surface area contributed by atoms with Crippen LogP contribution in [-0.2, 0) is 11.2 Å². The molecule has 1 heterocycles. The van der Waals surface area contributed by atoms with E-state index in [0.717, 1.165) is 30.5 Å². The summed E-state index contributed by atoms with van der Waals surface area (Å²) in [7, 11) is 1.75. The van der Waals surface area contributed by atoms with E-state index in [2.05, 4.69) is 25.2 Å². The summed E-state index contributed by atoms with van der Waals surface area (Å²) in [6.07, 6.45) is 6.14. The molecule has 0 amide bonds. The molecule has 0 saturated heterocycles. The summed E-state index contributed by atoms with van der Waals surface area (Å²) in [5.41, 5.74) is 0.345. The Hall–Kier alpha value is -0.0900. The second kappa shape index (κ2) is 9.78. The molecule has 116 valence electrons. The van der Waals surface area contributed by atoms with E-state index >= 15 is 0 Å². The summed E-state index contributed by atoms with van der Waals surface area (Å²) in [6, 6.07) is 4.19. The fourth-order valence-corrected chi connectivity index (χ4v) is 3.82. The van der Waals surface area contributed by atoms with Gasteiger partial charge in [-0.05, 0) is 36.8 Å². The summed E-state index contributed by atoms with van der Waals surface area (Å²) < 4.78 is 6.01. The number of thiophene rings is 1. The average Bonchev–Trinajstić information content (AvgIpc) is 2.86. The largest absolute Gasteiger partial charge is 0.383 e. The third-order valence-corrected chi connectivity index (χ3v) is 5.20. The molecule has 1 aromatic rings. The van der Waals surface area contributed by atoms with E-state index in [1.165, 1.54) is 30.6 Å². The Morgan fingerprint density at radius 1 is 1.35 bits per heavy atom. The minimum absolute atomic E-state index is 0.345. The van der Waals surface area contributed by atoms with Crippen LogP contribution >= 0.6 is 22.9 Å². The van der Waals surface area contributed by atoms with E-state index < -0.39 is 0 Å². The third kappa shape index (κ3) is 6.13. The van der Waals surface area contributed by atoms with Gasteiger partial charge in [-0.15, -0.1) is 11.3 Å². The Morgan fingerprint density at radius 3 is 2.70 bits per heavy atom. The van der Waals surface area contributed by atoms with Gasteiger partial charge in [0.2, 0.25) is 0 Å². The van der Waals surface area contributed by atoms with Crippen molar-refractivity contribution in [3.05, 3.63) is 21.3 Å². The number of nitrogens with one attached hydrogen (secondary N) is 1. The highest BCUT2D eigenvalue weighted by molar-refractivity contribution is 7.16. The molecule has 0 aliphatic carbocycles. The second-order valence-electron chi connectivity index (χ2n) is 5.51. The summed E-state index contributed by atoms with van der Waals surface area (Å²) in [4.78, 5) is 1.40. The fraction of sp³-hybridized carbons (Fsp3) is 0.750. The summed E-state index contributed by atoms with van der Waals surface area (Å²) >= 11 is 7.79. The van der Waals surface area contributed by atoms with Gasteiger partial charge in [-0.2, -0.15) is 0 Å². The molecule has 1 unspecified atom stereocenters. The molecule has 20 heavy (non-hydrogen) atoms. The highest BCUT2D eigenvalue weighted by Gasteiger charge is 2.28. The highest BCUT2D eigenvalue weighted by Crippen LogP contribution is 2.35. The molecule has 0 saturated carbocycles. The van der Waals surface area contributed by atoms with Gasteiger partial charge in [0.15, 0.2) is 0 Å². The maximum absolute atomic E-state index is 6.07. The maximum atomic E-state index is 6.07. The van der Waals surface area contributed by atoms with Crippen LogP contribution in [0.1, 0.15) is 44.4 Å². The number of unbranched alkanes of at least 4 members (excludes halogenated alkanes) is 1. The van der Waals surface area contributed by atoms with Crippen LogP contribution in [0.2, 0.25) is 4.34 Å². The number of methoxy groups -OCH3 is 1. The second-order valence-corrected chi connectivity index (χ2v) is 7.31. The first kappa shape index (κ1) is 18.0. The van der Waals surface area contributed by atoms with Crippen molar-refractivity contribution in [2.45, 2.75) is 46.0 Å². The van der Waals surface area contributed by atoms with Crippen molar-refractivity contribution in [2.24, 2.45) is 5.41 Å². The van der Waals surface area contributed by atoms with Crippen LogP contribution in [0.25, 0.3) is 0 Å². The van der Waals surface area contributed by atoms with Gasteiger partial charge in [0.1, 0.15) is 0 Å². The highest BCUT2D eigenvalue weighted by atomic mass is 35.5. The van der Waals surface area contributed by atoms with Gasteiger partial charge in [0.05, 0.1) is 10.9 Å². The summed E-state index contributed by atoms with van der Waals surface area (Å²) in [6.45, 7) is 7.33. The molecule has 0 bridgehead atoms. The summed E-state index contributed by atoms with van der Waals surface area (Å²) in [5.74, 6) is 0. The van der Waals surface area contributed by atoms with E-state index in [1.54, 1.807) is 18.4 Å². The van der Waals surface area contributed by atoms with E-state index in [9.17, 15) is 0 Å². The van der Waals surface area contributed by atoms with Gasteiger partial charge in [-0.1, -0.05) is 38.3 Å². The number of hydrogen-bond donors (Lipinski definition) is 1. The zero-order chi connectivity index (χ0) is 14.8. The Kier molecular flexibility index (Phi) is 8.78. The van der Waals surface area contributed by atoms with Gasteiger partial charge < -0.3 is 10.1 Å². The molecule has 2 nitrogen and oxygen atoms in total. The van der Waals surface area contributed by atoms with Crippen molar-refractivity contribution in [3.63, 3.8) is 0 Å². The molecule has 1 aromatic heterocycles. The van der Waals surface area contributed by atoms with Gasteiger partial charge in [-0.3, -0.25) is 0 Å². The first-order valence-electron chi connectivity index (χ1n) is 7.59. The van der Waals surface area contributed by atoms with E-state index in [1.807, 2.05) is 6.07 Å². The van der Waals surface area contributed by atoms with Crippen molar-refractivity contribution in [3.8, 4) is 0 Å². The SMILES string of the molecule is CCCCC(CC)(CNCCOC)Cc1ccc(Cl)s1. The molecule has 0 aromatic carbocycles. The Bertz CT molecular complexity index is 369. The summed E-state index contributed by atoms with van der Waals surface area (Å²) in [5, 5.41) is 3.56. The molecule has 0 fully saturated rings. The number of hydrogen-bond acceptors (Lipinski definition) is 3. The van der Waals surface area contributed by atoms with E-state index in [4.69, 9.17) is 16.3 Å². The van der Waals surface area contributed by atoms with Crippen molar-refractivity contribution in [2.75, 3.05) is 26.8 Å². The Morgan fingerprint density at radius 2 is 2.15 bits per heavy atom. The first-order valence-corrected chi connectivity index (χ1v) is 8.79. The van der Waals surface area contributed by atoms with Crippen LogP contribution in [0.15, 0.2) is 12.1 Å². The molecular weight excluding hydrogens is 290 g/mol. The molecule has 1 N–H and O–H groups in total. The average molecular weight is 318 g/mol. The predicted molar refractivity (Wildman–Crippen MR) is 90.0 cm³/mol. The topological polar surface area (TPSA) is 21.3 Å². The van der Waals surface area contributed by atoms with Crippen molar-refractivity contribution < 1.29 is 4.74 Å².